The lowest BCUT2D eigenvalue weighted by molar-refractivity contribution is -0.139. The normalized spacial score (nSPS) is 12.0. The largest absolute Gasteiger partial charge is 0.480 e. The summed E-state index contributed by atoms with van der Waals surface area (Å²) in [6.45, 7) is 8.15. The number of anilines is 1. The highest BCUT2D eigenvalue weighted by Crippen LogP contribution is 2.16. The summed E-state index contributed by atoms with van der Waals surface area (Å²) in [5.74, 6) is -0.808. The van der Waals surface area contributed by atoms with Gasteiger partial charge in [0.1, 0.15) is 6.04 Å². The fourth-order valence-electron chi connectivity index (χ4n) is 2.16. The first-order valence-corrected chi connectivity index (χ1v) is 7.22. The van der Waals surface area contributed by atoms with Crippen molar-refractivity contribution in [2.75, 3.05) is 11.4 Å². The molecule has 0 aliphatic heterocycles. The fraction of sp³-hybridized carbons (Fsp3) is 0.500. The molecule has 116 valence electrons. The maximum Gasteiger partial charge on any atom is 0.326 e. The van der Waals surface area contributed by atoms with E-state index in [1.54, 1.807) is 4.90 Å². The standard InChI is InChI=1S/C16H24N2O3/c1-5-18(13-8-6-7-12(4)10-13)16(21)17-14(15(19)20)9-11(2)3/h6-8,10-11,14H,5,9H2,1-4H3,(H,17,21)(H,19,20)/t14-/m0/s1. The number of nitrogens with one attached hydrogen (secondary N) is 1. The zero-order valence-electron chi connectivity index (χ0n) is 13.1. The summed E-state index contributed by atoms with van der Waals surface area (Å²) in [6, 6.07) is 6.33. The number of aryl methyl sites for hydroxylation is 1. The topological polar surface area (TPSA) is 69.6 Å². The van der Waals surface area contributed by atoms with Crippen molar-refractivity contribution in [1.29, 1.82) is 0 Å². The number of hydrogen-bond acceptors (Lipinski definition) is 2. The van der Waals surface area contributed by atoms with Crippen LogP contribution in [-0.2, 0) is 4.79 Å². The number of aliphatic carboxylic acids is 1. The molecule has 21 heavy (non-hydrogen) atoms. The van der Waals surface area contributed by atoms with E-state index in [2.05, 4.69) is 5.32 Å². The summed E-state index contributed by atoms with van der Waals surface area (Å²) in [5.41, 5.74) is 1.82. The Labute approximate surface area is 126 Å². The Morgan fingerprint density at radius 3 is 2.48 bits per heavy atom. The molecule has 0 unspecified atom stereocenters. The molecule has 1 aromatic carbocycles. The lowest BCUT2D eigenvalue weighted by atomic mass is 10.0. The minimum Gasteiger partial charge on any atom is -0.480 e. The quantitative estimate of drug-likeness (QED) is 0.846. The molecule has 0 bridgehead atoms. The van der Waals surface area contributed by atoms with Crippen LogP contribution in [-0.4, -0.2) is 29.7 Å². The lowest BCUT2D eigenvalue weighted by Crippen LogP contribution is -2.48. The molecule has 1 aromatic rings. The van der Waals surface area contributed by atoms with E-state index in [1.807, 2.05) is 52.0 Å². The average Bonchev–Trinajstić information content (AvgIpc) is 2.38. The third-order valence-corrected chi connectivity index (χ3v) is 3.18. The molecule has 0 fully saturated rings. The predicted octanol–water partition coefficient (Wildman–Crippen LogP) is 3.03. The van der Waals surface area contributed by atoms with Gasteiger partial charge in [-0.15, -0.1) is 0 Å². The average molecular weight is 292 g/mol. The fourth-order valence-corrected chi connectivity index (χ4v) is 2.16. The van der Waals surface area contributed by atoms with Crippen molar-refractivity contribution in [3.8, 4) is 0 Å². The van der Waals surface area contributed by atoms with E-state index in [0.717, 1.165) is 11.3 Å². The first-order valence-electron chi connectivity index (χ1n) is 7.22. The lowest BCUT2D eigenvalue weighted by Gasteiger charge is -2.25. The van der Waals surface area contributed by atoms with Gasteiger partial charge in [0.25, 0.3) is 0 Å². The number of nitrogens with zero attached hydrogens (tertiary/aromatic N) is 1. The van der Waals surface area contributed by atoms with Gasteiger partial charge in [0, 0.05) is 12.2 Å². The second-order valence-electron chi connectivity index (χ2n) is 5.55. The van der Waals surface area contributed by atoms with Gasteiger partial charge in [0.05, 0.1) is 0 Å². The molecule has 1 rings (SSSR count). The molecule has 5 heteroatoms. The van der Waals surface area contributed by atoms with Crippen LogP contribution in [0.2, 0.25) is 0 Å². The number of urea groups is 1. The smallest absolute Gasteiger partial charge is 0.326 e. The highest BCUT2D eigenvalue weighted by molar-refractivity contribution is 5.94. The Kier molecular flexibility index (Phi) is 6.21. The predicted molar refractivity (Wildman–Crippen MR) is 83.6 cm³/mol. The van der Waals surface area contributed by atoms with Gasteiger partial charge in [-0.05, 0) is 43.9 Å². The third kappa shape index (κ3) is 5.10. The van der Waals surface area contributed by atoms with Crippen molar-refractivity contribution in [3.05, 3.63) is 29.8 Å². The van der Waals surface area contributed by atoms with Crippen LogP contribution in [0, 0.1) is 12.8 Å². The van der Waals surface area contributed by atoms with Gasteiger partial charge < -0.3 is 10.4 Å². The molecule has 0 spiro atoms. The number of carbonyl (C=O) groups is 2. The van der Waals surface area contributed by atoms with Gasteiger partial charge in [0.15, 0.2) is 0 Å². The van der Waals surface area contributed by atoms with E-state index in [0.29, 0.717) is 13.0 Å². The van der Waals surface area contributed by atoms with Crippen LogP contribution in [0.1, 0.15) is 32.8 Å². The van der Waals surface area contributed by atoms with Crippen molar-refractivity contribution in [3.63, 3.8) is 0 Å². The van der Waals surface area contributed by atoms with Crippen LogP contribution in [0.25, 0.3) is 0 Å². The SMILES string of the molecule is CCN(C(=O)N[C@@H](CC(C)C)C(=O)O)c1cccc(C)c1. The Bertz CT molecular complexity index is 500. The molecule has 0 saturated carbocycles. The van der Waals surface area contributed by atoms with Crippen molar-refractivity contribution >= 4 is 17.7 Å². The first-order chi connectivity index (χ1) is 9.85. The summed E-state index contributed by atoms with van der Waals surface area (Å²) < 4.78 is 0. The highest BCUT2D eigenvalue weighted by Gasteiger charge is 2.24. The van der Waals surface area contributed by atoms with Gasteiger partial charge >= 0.3 is 12.0 Å². The van der Waals surface area contributed by atoms with Gasteiger partial charge in [-0.25, -0.2) is 9.59 Å². The Hall–Kier alpha value is -2.04. The molecule has 2 amide bonds. The van der Waals surface area contributed by atoms with Crippen LogP contribution in [0.15, 0.2) is 24.3 Å². The van der Waals surface area contributed by atoms with E-state index in [9.17, 15) is 14.7 Å². The van der Waals surface area contributed by atoms with Gasteiger partial charge in [0.2, 0.25) is 0 Å². The van der Waals surface area contributed by atoms with Crippen LogP contribution in [0.5, 0.6) is 0 Å². The van der Waals surface area contributed by atoms with E-state index in [1.165, 1.54) is 0 Å². The Morgan fingerprint density at radius 1 is 1.33 bits per heavy atom. The van der Waals surface area contributed by atoms with Crippen molar-refractivity contribution in [2.24, 2.45) is 5.92 Å². The van der Waals surface area contributed by atoms with Crippen LogP contribution in [0.3, 0.4) is 0 Å². The number of carboxylic acids is 1. The van der Waals surface area contributed by atoms with Gasteiger partial charge in [-0.2, -0.15) is 0 Å². The molecule has 5 nitrogen and oxygen atoms in total. The van der Waals surface area contributed by atoms with Crippen molar-refractivity contribution in [1.82, 2.24) is 5.32 Å². The maximum absolute atomic E-state index is 12.3. The molecule has 1 atom stereocenters. The Balaban J connectivity index is 2.85. The zero-order chi connectivity index (χ0) is 16.0. The van der Waals surface area contributed by atoms with Crippen LogP contribution >= 0.6 is 0 Å². The van der Waals surface area contributed by atoms with E-state index < -0.39 is 12.0 Å². The molecular formula is C16H24N2O3. The van der Waals surface area contributed by atoms with E-state index in [4.69, 9.17) is 0 Å². The summed E-state index contributed by atoms with van der Waals surface area (Å²) >= 11 is 0. The number of carbonyl (C=O) groups excluding carboxylic acids is 1. The summed E-state index contributed by atoms with van der Waals surface area (Å²) in [6.07, 6.45) is 0.409. The third-order valence-electron chi connectivity index (χ3n) is 3.18. The molecule has 0 aromatic heterocycles. The second-order valence-corrected chi connectivity index (χ2v) is 5.55. The molecule has 2 N–H and O–H groups in total. The molecule has 0 saturated heterocycles. The van der Waals surface area contributed by atoms with Crippen molar-refractivity contribution < 1.29 is 14.7 Å². The molecule has 0 radical (unpaired) electrons. The summed E-state index contributed by atoms with van der Waals surface area (Å²) in [7, 11) is 0. The van der Waals surface area contributed by atoms with Gasteiger partial charge in [-0.3, -0.25) is 4.90 Å². The zero-order valence-corrected chi connectivity index (χ0v) is 13.1. The summed E-state index contributed by atoms with van der Waals surface area (Å²) in [4.78, 5) is 25.1. The molecule has 0 aliphatic rings. The van der Waals surface area contributed by atoms with Gasteiger partial charge in [-0.1, -0.05) is 26.0 Å². The van der Waals surface area contributed by atoms with Crippen LogP contribution < -0.4 is 10.2 Å². The first kappa shape index (κ1) is 17.0. The summed E-state index contributed by atoms with van der Waals surface area (Å²) in [5, 5.41) is 11.8. The van der Waals surface area contributed by atoms with Crippen molar-refractivity contribution in [2.45, 2.75) is 40.2 Å². The number of rotatable bonds is 6. The Morgan fingerprint density at radius 2 is 2.00 bits per heavy atom. The minimum atomic E-state index is -1.00. The van der Waals surface area contributed by atoms with E-state index in [-0.39, 0.29) is 11.9 Å². The number of carboxylic acid groups (broad SMARTS) is 1. The van der Waals surface area contributed by atoms with E-state index >= 15 is 0 Å². The minimum absolute atomic E-state index is 0.195. The molecular weight excluding hydrogens is 268 g/mol. The molecule has 0 heterocycles. The number of benzene rings is 1. The second kappa shape index (κ2) is 7.67. The molecule has 0 aliphatic carbocycles. The highest BCUT2D eigenvalue weighted by atomic mass is 16.4. The maximum atomic E-state index is 12.3. The van der Waals surface area contributed by atoms with Crippen LogP contribution in [0.4, 0.5) is 10.5 Å². The number of amides is 2. The number of hydrogen-bond donors (Lipinski definition) is 2. The monoisotopic (exact) mass is 292 g/mol.